The van der Waals surface area contributed by atoms with Crippen molar-refractivity contribution in [3.05, 3.63) is 35.0 Å². The molecule has 2 aromatic rings. The molecule has 0 aliphatic carbocycles. The van der Waals surface area contributed by atoms with Crippen molar-refractivity contribution in [1.29, 1.82) is 0 Å². The largest absolute Gasteiger partial charge is 0.458 e. The van der Waals surface area contributed by atoms with Crippen LogP contribution in [-0.2, 0) is 0 Å². The molecule has 0 aliphatic heterocycles. The van der Waals surface area contributed by atoms with E-state index in [-0.39, 0.29) is 6.04 Å². The molecule has 0 bridgehead atoms. The fraction of sp³-hybridized carbons (Fsp3) is 0.429. The van der Waals surface area contributed by atoms with E-state index >= 15 is 0 Å². The zero-order valence-electron chi connectivity index (χ0n) is 10.9. The summed E-state index contributed by atoms with van der Waals surface area (Å²) in [6.07, 6.45) is 0. The van der Waals surface area contributed by atoms with Gasteiger partial charge in [0, 0.05) is 5.39 Å². The van der Waals surface area contributed by atoms with E-state index in [1.54, 1.807) is 0 Å². The Hall–Kier alpha value is -1.03. The minimum atomic E-state index is -0.00605. The molecule has 2 atom stereocenters. The van der Waals surface area contributed by atoms with Gasteiger partial charge in [-0.3, -0.25) is 5.84 Å². The molecule has 1 aromatic carbocycles. The van der Waals surface area contributed by atoms with Gasteiger partial charge in [-0.2, -0.15) is 0 Å². The second kappa shape index (κ2) is 5.31. The average molecular weight is 267 g/mol. The number of nitrogens with two attached hydrogens (primary N) is 1. The standard InChI is InChI=1S/C14H19ClN2O/c1-8(2)9(3)13(17-16)12-7-10-5-4-6-11(15)14(10)18-12/h4-9,13,17H,16H2,1-3H3. The number of para-hydroxylation sites is 1. The van der Waals surface area contributed by atoms with Crippen LogP contribution in [0.3, 0.4) is 0 Å². The van der Waals surface area contributed by atoms with Gasteiger partial charge in [0.15, 0.2) is 5.58 Å². The summed E-state index contributed by atoms with van der Waals surface area (Å²) in [5.41, 5.74) is 3.57. The van der Waals surface area contributed by atoms with Crippen LogP contribution in [0.2, 0.25) is 5.02 Å². The highest BCUT2D eigenvalue weighted by molar-refractivity contribution is 6.34. The third kappa shape index (κ3) is 2.39. The van der Waals surface area contributed by atoms with Crippen molar-refractivity contribution in [3.63, 3.8) is 0 Å². The van der Waals surface area contributed by atoms with E-state index in [0.717, 1.165) is 16.7 Å². The number of hydrazine groups is 1. The Morgan fingerprint density at radius 1 is 1.28 bits per heavy atom. The van der Waals surface area contributed by atoms with Gasteiger partial charge in [0.05, 0.1) is 11.1 Å². The van der Waals surface area contributed by atoms with Crippen molar-refractivity contribution in [1.82, 2.24) is 5.43 Å². The lowest BCUT2D eigenvalue weighted by atomic mass is 9.89. The van der Waals surface area contributed by atoms with Gasteiger partial charge in [0.25, 0.3) is 0 Å². The molecular weight excluding hydrogens is 248 g/mol. The van der Waals surface area contributed by atoms with Crippen LogP contribution < -0.4 is 11.3 Å². The van der Waals surface area contributed by atoms with Crippen molar-refractivity contribution >= 4 is 22.6 Å². The topological polar surface area (TPSA) is 51.2 Å². The third-order valence-corrected chi connectivity index (χ3v) is 3.88. The average Bonchev–Trinajstić information content (AvgIpc) is 2.75. The smallest absolute Gasteiger partial charge is 0.152 e. The van der Waals surface area contributed by atoms with Crippen molar-refractivity contribution < 1.29 is 4.42 Å². The second-order valence-corrected chi connectivity index (χ2v) is 5.46. The lowest BCUT2D eigenvalue weighted by molar-refractivity contribution is 0.274. The summed E-state index contributed by atoms with van der Waals surface area (Å²) in [5.74, 6) is 7.37. The highest BCUT2D eigenvalue weighted by atomic mass is 35.5. The van der Waals surface area contributed by atoms with E-state index < -0.39 is 0 Å². The lowest BCUT2D eigenvalue weighted by Gasteiger charge is -2.24. The summed E-state index contributed by atoms with van der Waals surface area (Å²) in [7, 11) is 0. The summed E-state index contributed by atoms with van der Waals surface area (Å²) >= 11 is 6.11. The number of rotatable bonds is 4. The molecule has 18 heavy (non-hydrogen) atoms. The monoisotopic (exact) mass is 266 g/mol. The quantitative estimate of drug-likeness (QED) is 0.652. The lowest BCUT2D eigenvalue weighted by Crippen LogP contribution is -2.34. The van der Waals surface area contributed by atoms with Crippen LogP contribution in [0.4, 0.5) is 0 Å². The predicted molar refractivity (Wildman–Crippen MR) is 75.3 cm³/mol. The van der Waals surface area contributed by atoms with Gasteiger partial charge in [0.2, 0.25) is 0 Å². The van der Waals surface area contributed by atoms with Crippen LogP contribution in [0.1, 0.15) is 32.6 Å². The summed E-state index contributed by atoms with van der Waals surface area (Å²) in [6.45, 7) is 6.50. The SMILES string of the molecule is CC(C)C(C)C(NN)c1cc2cccc(Cl)c2o1. The van der Waals surface area contributed by atoms with Gasteiger partial charge >= 0.3 is 0 Å². The number of halogens is 1. The first kappa shape index (κ1) is 13.4. The number of nitrogens with one attached hydrogen (secondary N) is 1. The van der Waals surface area contributed by atoms with Crippen molar-refractivity contribution in [2.75, 3.05) is 0 Å². The van der Waals surface area contributed by atoms with Crippen molar-refractivity contribution in [3.8, 4) is 0 Å². The fourth-order valence-corrected chi connectivity index (χ4v) is 2.30. The molecule has 0 aliphatic rings. The molecule has 0 radical (unpaired) electrons. The predicted octanol–water partition coefficient (Wildman–Crippen LogP) is 3.88. The normalized spacial score (nSPS) is 15.2. The number of hydrogen-bond donors (Lipinski definition) is 2. The molecule has 2 unspecified atom stereocenters. The zero-order valence-corrected chi connectivity index (χ0v) is 11.7. The van der Waals surface area contributed by atoms with Crippen LogP contribution in [0.25, 0.3) is 11.0 Å². The van der Waals surface area contributed by atoms with Gasteiger partial charge in [-0.1, -0.05) is 44.5 Å². The van der Waals surface area contributed by atoms with Gasteiger partial charge in [0.1, 0.15) is 5.76 Å². The minimum Gasteiger partial charge on any atom is -0.458 e. The highest BCUT2D eigenvalue weighted by Crippen LogP contribution is 2.33. The third-order valence-electron chi connectivity index (χ3n) is 3.58. The summed E-state index contributed by atoms with van der Waals surface area (Å²) in [6, 6.07) is 7.73. The molecule has 1 aromatic heterocycles. The van der Waals surface area contributed by atoms with Gasteiger partial charge in [-0.25, -0.2) is 5.43 Å². The Kier molecular flexibility index (Phi) is 3.95. The Morgan fingerprint density at radius 2 is 2.00 bits per heavy atom. The summed E-state index contributed by atoms with van der Waals surface area (Å²) in [5, 5.41) is 1.64. The van der Waals surface area contributed by atoms with E-state index in [9.17, 15) is 0 Å². The number of furan rings is 1. The highest BCUT2D eigenvalue weighted by Gasteiger charge is 2.24. The molecule has 0 spiro atoms. The minimum absolute atomic E-state index is 0.00605. The summed E-state index contributed by atoms with van der Waals surface area (Å²) < 4.78 is 5.85. The Balaban J connectivity index is 2.43. The van der Waals surface area contributed by atoms with Crippen molar-refractivity contribution in [2.45, 2.75) is 26.8 Å². The number of hydrogen-bond acceptors (Lipinski definition) is 3. The van der Waals surface area contributed by atoms with Crippen LogP contribution in [-0.4, -0.2) is 0 Å². The van der Waals surface area contributed by atoms with E-state index in [4.69, 9.17) is 21.9 Å². The first-order chi connectivity index (χ1) is 8.54. The molecule has 0 saturated carbocycles. The molecule has 0 fully saturated rings. The molecule has 3 nitrogen and oxygen atoms in total. The molecule has 98 valence electrons. The van der Waals surface area contributed by atoms with E-state index in [1.165, 1.54) is 0 Å². The number of fused-ring (bicyclic) bond motifs is 1. The maximum absolute atomic E-state index is 6.11. The van der Waals surface area contributed by atoms with Crippen LogP contribution >= 0.6 is 11.6 Å². The first-order valence-electron chi connectivity index (χ1n) is 6.18. The maximum atomic E-state index is 6.11. The van der Waals surface area contributed by atoms with E-state index in [2.05, 4.69) is 26.2 Å². The molecule has 0 amide bonds. The van der Waals surface area contributed by atoms with Gasteiger partial charge in [-0.15, -0.1) is 0 Å². The zero-order chi connectivity index (χ0) is 13.3. The molecule has 3 N–H and O–H groups in total. The summed E-state index contributed by atoms with van der Waals surface area (Å²) in [4.78, 5) is 0. The Labute approximate surface area is 112 Å². The van der Waals surface area contributed by atoms with E-state index in [1.807, 2.05) is 24.3 Å². The molecule has 2 rings (SSSR count). The molecule has 1 heterocycles. The van der Waals surface area contributed by atoms with E-state index in [0.29, 0.717) is 16.9 Å². The second-order valence-electron chi connectivity index (χ2n) is 5.05. The molecular formula is C14H19ClN2O. The first-order valence-corrected chi connectivity index (χ1v) is 6.56. The molecule has 4 heteroatoms. The molecule has 0 saturated heterocycles. The van der Waals surface area contributed by atoms with Gasteiger partial charge < -0.3 is 4.42 Å². The Bertz CT molecular complexity index is 536. The maximum Gasteiger partial charge on any atom is 0.152 e. The number of benzene rings is 1. The van der Waals surface area contributed by atoms with Crippen molar-refractivity contribution in [2.24, 2.45) is 17.7 Å². The van der Waals surface area contributed by atoms with Crippen LogP contribution in [0.5, 0.6) is 0 Å². The Morgan fingerprint density at radius 3 is 2.56 bits per heavy atom. The van der Waals surface area contributed by atoms with Gasteiger partial charge in [-0.05, 0) is 24.0 Å². The van der Waals surface area contributed by atoms with Crippen LogP contribution in [0, 0.1) is 11.8 Å². The van der Waals surface area contributed by atoms with Crippen LogP contribution in [0.15, 0.2) is 28.7 Å². The fourth-order valence-electron chi connectivity index (χ4n) is 2.08.